The molecule has 0 unspecified atom stereocenters. The van der Waals surface area contributed by atoms with Crippen LogP contribution in [0, 0.1) is 5.82 Å². The Bertz CT molecular complexity index is 528. The van der Waals surface area contributed by atoms with E-state index in [4.69, 9.17) is 9.47 Å². The summed E-state index contributed by atoms with van der Waals surface area (Å²) in [6.07, 6.45) is 10.5. The summed E-state index contributed by atoms with van der Waals surface area (Å²) in [6.45, 7) is 2.79. The Kier molecular flexibility index (Phi) is 13.0. The van der Waals surface area contributed by atoms with Gasteiger partial charge < -0.3 is 9.47 Å². The Morgan fingerprint density at radius 2 is 1.33 bits per heavy atom. The minimum absolute atomic E-state index is 0.113. The number of halogens is 1. The fourth-order valence-electron chi connectivity index (χ4n) is 2.69. The van der Waals surface area contributed by atoms with E-state index in [0.29, 0.717) is 13.0 Å². The predicted octanol–water partition coefficient (Wildman–Crippen LogP) is 5.72. The van der Waals surface area contributed by atoms with Crippen LogP contribution in [0.15, 0.2) is 24.3 Å². The van der Waals surface area contributed by atoms with Crippen LogP contribution in [0.3, 0.4) is 0 Å². The molecular weight excluding hydrogens is 347 g/mol. The molecule has 0 aromatic heterocycles. The molecule has 0 aliphatic rings. The van der Waals surface area contributed by atoms with Crippen molar-refractivity contribution >= 4 is 11.9 Å². The van der Waals surface area contributed by atoms with Gasteiger partial charge in [-0.2, -0.15) is 0 Å². The third-order valence-corrected chi connectivity index (χ3v) is 4.34. The van der Waals surface area contributed by atoms with Crippen LogP contribution in [0.5, 0.6) is 0 Å². The predicted molar refractivity (Wildman–Crippen MR) is 104 cm³/mol. The Balaban J connectivity index is 1.94. The number of benzene rings is 1. The summed E-state index contributed by atoms with van der Waals surface area (Å²) >= 11 is 0. The molecule has 1 aromatic rings. The van der Waals surface area contributed by atoms with Crippen LogP contribution in [0.25, 0.3) is 0 Å². The van der Waals surface area contributed by atoms with Crippen LogP contribution < -0.4 is 0 Å². The second-order valence-corrected chi connectivity index (χ2v) is 6.84. The molecule has 0 bridgehead atoms. The quantitative estimate of drug-likeness (QED) is 0.288. The molecule has 0 atom stereocenters. The van der Waals surface area contributed by atoms with Gasteiger partial charge in [0, 0.05) is 12.8 Å². The number of carbonyl (C=O) groups excluding carboxylic acids is 2. The van der Waals surface area contributed by atoms with Crippen molar-refractivity contribution < 1.29 is 23.5 Å². The molecule has 0 spiro atoms. The van der Waals surface area contributed by atoms with Crippen LogP contribution >= 0.6 is 0 Å². The number of ether oxygens (including phenoxy) is 2. The third-order valence-electron chi connectivity index (χ3n) is 4.34. The van der Waals surface area contributed by atoms with Gasteiger partial charge in [-0.05, 0) is 30.5 Å². The first kappa shape index (κ1) is 23.1. The molecular formula is C22H33FO4. The van der Waals surface area contributed by atoms with Crippen LogP contribution in [-0.4, -0.2) is 18.5 Å². The smallest absolute Gasteiger partial charge is 0.306 e. The largest absolute Gasteiger partial charge is 0.466 e. The van der Waals surface area contributed by atoms with E-state index in [1.54, 1.807) is 12.1 Å². The average Bonchev–Trinajstić information content (AvgIpc) is 2.66. The van der Waals surface area contributed by atoms with E-state index in [9.17, 15) is 14.0 Å². The van der Waals surface area contributed by atoms with Crippen LogP contribution in [0.2, 0.25) is 0 Å². The summed E-state index contributed by atoms with van der Waals surface area (Å²) in [5, 5.41) is 0. The second-order valence-electron chi connectivity index (χ2n) is 6.84. The first-order valence-corrected chi connectivity index (χ1v) is 10.2. The first-order chi connectivity index (χ1) is 13.1. The van der Waals surface area contributed by atoms with E-state index >= 15 is 0 Å². The van der Waals surface area contributed by atoms with Crippen LogP contribution in [0.1, 0.15) is 83.1 Å². The second kappa shape index (κ2) is 15.2. The maximum absolute atomic E-state index is 12.8. The maximum Gasteiger partial charge on any atom is 0.306 e. The molecule has 152 valence electrons. The van der Waals surface area contributed by atoms with Crippen molar-refractivity contribution in [2.45, 2.75) is 84.2 Å². The number of rotatable bonds is 15. The van der Waals surface area contributed by atoms with Crippen molar-refractivity contribution in [3.05, 3.63) is 35.6 Å². The monoisotopic (exact) mass is 380 g/mol. The molecule has 0 aliphatic carbocycles. The van der Waals surface area contributed by atoms with Crippen molar-refractivity contribution in [1.82, 2.24) is 0 Å². The summed E-state index contributed by atoms with van der Waals surface area (Å²) in [5.74, 6) is -0.949. The van der Waals surface area contributed by atoms with Gasteiger partial charge in [0.15, 0.2) is 0 Å². The van der Waals surface area contributed by atoms with Crippen molar-refractivity contribution in [2.75, 3.05) is 6.61 Å². The fourth-order valence-corrected chi connectivity index (χ4v) is 2.69. The topological polar surface area (TPSA) is 52.6 Å². The highest BCUT2D eigenvalue weighted by Gasteiger charge is 2.08. The third kappa shape index (κ3) is 13.0. The lowest BCUT2D eigenvalue weighted by Crippen LogP contribution is -2.09. The first-order valence-electron chi connectivity index (χ1n) is 10.2. The van der Waals surface area contributed by atoms with Crippen LogP contribution in [0.4, 0.5) is 4.39 Å². The zero-order valence-electron chi connectivity index (χ0n) is 16.5. The van der Waals surface area contributed by atoms with Crippen molar-refractivity contribution in [2.24, 2.45) is 0 Å². The summed E-state index contributed by atoms with van der Waals surface area (Å²) < 4.78 is 23.1. The summed E-state index contributed by atoms with van der Waals surface area (Å²) in [4.78, 5) is 23.3. The van der Waals surface area contributed by atoms with Crippen LogP contribution in [-0.2, 0) is 25.7 Å². The molecule has 1 rings (SSSR count). The van der Waals surface area contributed by atoms with Gasteiger partial charge in [-0.1, -0.05) is 64.0 Å². The van der Waals surface area contributed by atoms with Gasteiger partial charge >= 0.3 is 11.9 Å². The normalized spacial score (nSPS) is 10.6. The van der Waals surface area contributed by atoms with Gasteiger partial charge in [0.25, 0.3) is 0 Å². The van der Waals surface area contributed by atoms with Crippen molar-refractivity contribution in [1.29, 1.82) is 0 Å². The van der Waals surface area contributed by atoms with Gasteiger partial charge in [-0.3, -0.25) is 9.59 Å². The summed E-state index contributed by atoms with van der Waals surface area (Å²) in [6, 6.07) is 5.80. The zero-order chi connectivity index (χ0) is 19.7. The van der Waals surface area contributed by atoms with E-state index in [1.807, 2.05) is 0 Å². The number of carbonyl (C=O) groups is 2. The number of esters is 2. The highest BCUT2D eigenvalue weighted by Crippen LogP contribution is 2.09. The van der Waals surface area contributed by atoms with Gasteiger partial charge in [0.1, 0.15) is 12.4 Å². The van der Waals surface area contributed by atoms with Gasteiger partial charge in [-0.15, -0.1) is 0 Å². The Hall–Kier alpha value is -1.91. The lowest BCUT2D eigenvalue weighted by Gasteiger charge is -2.06. The van der Waals surface area contributed by atoms with E-state index in [-0.39, 0.29) is 37.2 Å². The fraction of sp³-hybridized carbons (Fsp3) is 0.636. The molecule has 0 saturated carbocycles. The van der Waals surface area contributed by atoms with Crippen molar-refractivity contribution in [3.63, 3.8) is 0 Å². The molecule has 4 nitrogen and oxygen atoms in total. The van der Waals surface area contributed by atoms with E-state index in [0.717, 1.165) is 18.4 Å². The Morgan fingerprint density at radius 3 is 1.96 bits per heavy atom. The molecule has 27 heavy (non-hydrogen) atoms. The zero-order valence-corrected chi connectivity index (χ0v) is 16.5. The molecule has 0 N–H and O–H groups in total. The highest BCUT2D eigenvalue weighted by atomic mass is 19.1. The highest BCUT2D eigenvalue weighted by molar-refractivity contribution is 5.72. The molecule has 0 saturated heterocycles. The maximum atomic E-state index is 12.8. The molecule has 0 aliphatic heterocycles. The van der Waals surface area contributed by atoms with Gasteiger partial charge in [-0.25, -0.2) is 4.39 Å². The SMILES string of the molecule is CCCCCCCCCCOC(=O)CCCC(=O)OCc1ccc(F)cc1. The molecule has 0 fully saturated rings. The number of hydrogen-bond donors (Lipinski definition) is 0. The lowest BCUT2D eigenvalue weighted by atomic mass is 10.1. The molecule has 1 aromatic carbocycles. The van der Waals surface area contributed by atoms with E-state index in [2.05, 4.69) is 6.92 Å². The Labute approximate surface area is 162 Å². The molecule has 0 heterocycles. The molecule has 5 heteroatoms. The minimum atomic E-state index is -0.366. The molecule has 0 amide bonds. The van der Waals surface area contributed by atoms with Crippen molar-refractivity contribution in [3.8, 4) is 0 Å². The summed E-state index contributed by atoms with van der Waals surface area (Å²) in [5.41, 5.74) is 0.731. The number of unbranched alkanes of at least 4 members (excludes halogenated alkanes) is 7. The number of hydrogen-bond acceptors (Lipinski definition) is 4. The van der Waals surface area contributed by atoms with Gasteiger partial charge in [0.05, 0.1) is 6.61 Å². The summed E-state index contributed by atoms with van der Waals surface area (Å²) in [7, 11) is 0. The minimum Gasteiger partial charge on any atom is -0.466 e. The molecule has 0 radical (unpaired) electrons. The van der Waals surface area contributed by atoms with E-state index in [1.165, 1.54) is 50.7 Å². The standard InChI is InChI=1S/C22H33FO4/c1-2-3-4-5-6-7-8-9-17-26-21(24)11-10-12-22(25)27-18-19-13-15-20(23)16-14-19/h13-16H,2-12,17-18H2,1H3. The average molecular weight is 381 g/mol. The van der Waals surface area contributed by atoms with E-state index < -0.39 is 0 Å². The Morgan fingerprint density at radius 1 is 0.778 bits per heavy atom. The van der Waals surface area contributed by atoms with Gasteiger partial charge in [0.2, 0.25) is 0 Å². The lowest BCUT2D eigenvalue weighted by molar-refractivity contribution is -0.146.